The van der Waals surface area contributed by atoms with Crippen LogP contribution in [0.1, 0.15) is 11.1 Å². The van der Waals surface area contributed by atoms with Gasteiger partial charge in [0.25, 0.3) is 0 Å². The molecule has 0 aliphatic heterocycles. The third kappa shape index (κ3) is 4.49. The molecule has 3 rings (SSSR count). The number of aliphatic hydroxyl groups excluding tert-OH is 1. The second-order valence-electron chi connectivity index (χ2n) is 5.47. The quantitative estimate of drug-likeness (QED) is 0.571. The zero-order valence-electron chi connectivity index (χ0n) is 14.0. The molecule has 0 fully saturated rings. The molecule has 0 bridgehead atoms. The number of anilines is 3. The van der Waals surface area contributed by atoms with Gasteiger partial charge in [-0.3, -0.25) is 4.68 Å². The number of nitrogens with one attached hydrogen (secondary N) is 2. The Balaban J connectivity index is 1.74. The molecule has 0 saturated carbocycles. The summed E-state index contributed by atoms with van der Waals surface area (Å²) in [7, 11) is 0. The zero-order valence-corrected chi connectivity index (χ0v) is 14.8. The number of halogens is 2. The summed E-state index contributed by atoms with van der Waals surface area (Å²) < 4.78 is 15.3. The first-order chi connectivity index (χ1) is 13.1. The molecule has 0 amide bonds. The van der Waals surface area contributed by atoms with Crippen LogP contribution in [0.25, 0.3) is 0 Å². The number of hydrogen-bond acceptors (Lipinski definition) is 7. The lowest BCUT2D eigenvalue weighted by molar-refractivity contribution is 0.269. The minimum Gasteiger partial charge on any atom is -0.394 e. The summed E-state index contributed by atoms with van der Waals surface area (Å²) in [5.74, 6) is 0.0445. The average Bonchev–Trinajstić information content (AvgIpc) is 3.09. The molecular weight excluding hydrogens is 373 g/mol. The fourth-order valence-corrected chi connectivity index (χ4v) is 2.51. The molecule has 0 saturated heterocycles. The summed E-state index contributed by atoms with van der Waals surface area (Å²) in [6, 6.07) is 6.27. The van der Waals surface area contributed by atoms with Gasteiger partial charge >= 0.3 is 0 Å². The van der Waals surface area contributed by atoms with Gasteiger partial charge in [-0.25, -0.2) is 9.37 Å². The van der Waals surface area contributed by atoms with Crippen molar-refractivity contribution in [3.63, 3.8) is 0 Å². The van der Waals surface area contributed by atoms with E-state index in [1.165, 1.54) is 18.3 Å². The summed E-state index contributed by atoms with van der Waals surface area (Å²) in [4.78, 5) is 8.39. The molecule has 138 valence electrons. The van der Waals surface area contributed by atoms with E-state index in [0.717, 1.165) is 0 Å². The third-order valence-corrected chi connectivity index (χ3v) is 3.90. The molecule has 0 atom stereocenters. The first-order valence-electron chi connectivity index (χ1n) is 7.95. The summed E-state index contributed by atoms with van der Waals surface area (Å²) in [6.45, 7) is 0.535. The maximum Gasteiger partial charge on any atom is 0.229 e. The van der Waals surface area contributed by atoms with Crippen LogP contribution in [0.15, 0.2) is 36.8 Å². The fourth-order valence-electron chi connectivity index (χ4n) is 2.35. The van der Waals surface area contributed by atoms with Gasteiger partial charge in [-0.15, -0.1) is 0 Å². The molecule has 8 nitrogen and oxygen atoms in total. The maximum absolute atomic E-state index is 13.7. The van der Waals surface area contributed by atoms with E-state index in [1.54, 1.807) is 23.1 Å². The van der Waals surface area contributed by atoms with E-state index in [1.807, 2.05) is 6.07 Å². The molecular formula is C17H15ClFN7O. The molecule has 0 aliphatic carbocycles. The van der Waals surface area contributed by atoms with Crippen LogP contribution in [0.4, 0.5) is 21.8 Å². The van der Waals surface area contributed by atoms with Gasteiger partial charge in [0, 0.05) is 12.7 Å². The van der Waals surface area contributed by atoms with E-state index in [2.05, 4.69) is 25.7 Å². The first-order valence-corrected chi connectivity index (χ1v) is 8.32. The number of hydrogen-bond donors (Lipinski definition) is 3. The Kier molecular flexibility index (Phi) is 5.80. The Morgan fingerprint density at radius 2 is 2.19 bits per heavy atom. The highest BCUT2D eigenvalue weighted by molar-refractivity contribution is 6.32. The molecule has 1 aromatic carbocycles. The SMILES string of the molecule is N#Cc1c(F)cccc1CNc1nc(Nc2cnn(CCO)c2)ncc1Cl. The lowest BCUT2D eigenvalue weighted by Crippen LogP contribution is -2.07. The summed E-state index contributed by atoms with van der Waals surface area (Å²) in [6.07, 6.45) is 4.70. The molecule has 0 radical (unpaired) electrons. The Bertz CT molecular complexity index is 986. The van der Waals surface area contributed by atoms with Gasteiger partial charge in [0.2, 0.25) is 5.95 Å². The van der Waals surface area contributed by atoms with Crippen molar-refractivity contribution in [1.82, 2.24) is 19.7 Å². The minimum absolute atomic E-state index is 0.0165. The number of rotatable bonds is 7. The van der Waals surface area contributed by atoms with Crippen molar-refractivity contribution >= 4 is 29.1 Å². The van der Waals surface area contributed by atoms with Crippen molar-refractivity contribution in [2.45, 2.75) is 13.1 Å². The Morgan fingerprint density at radius 3 is 2.96 bits per heavy atom. The Hall–Kier alpha value is -3.22. The highest BCUT2D eigenvalue weighted by Gasteiger charge is 2.10. The van der Waals surface area contributed by atoms with Crippen molar-refractivity contribution in [1.29, 1.82) is 5.26 Å². The smallest absolute Gasteiger partial charge is 0.229 e. The number of aromatic nitrogens is 4. The van der Waals surface area contributed by atoms with Gasteiger partial charge < -0.3 is 15.7 Å². The van der Waals surface area contributed by atoms with Crippen LogP contribution in [0.5, 0.6) is 0 Å². The molecule has 2 aromatic heterocycles. The summed E-state index contributed by atoms with van der Waals surface area (Å²) >= 11 is 6.12. The number of aliphatic hydroxyl groups is 1. The van der Waals surface area contributed by atoms with Crippen molar-refractivity contribution in [2.75, 3.05) is 17.2 Å². The lowest BCUT2D eigenvalue weighted by atomic mass is 10.1. The highest BCUT2D eigenvalue weighted by atomic mass is 35.5. The van der Waals surface area contributed by atoms with Crippen LogP contribution >= 0.6 is 11.6 Å². The van der Waals surface area contributed by atoms with Gasteiger partial charge in [-0.05, 0) is 11.6 Å². The largest absolute Gasteiger partial charge is 0.394 e. The molecule has 3 aromatic rings. The number of nitriles is 1. The zero-order chi connectivity index (χ0) is 19.2. The van der Waals surface area contributed by atoms with Crippen LogP contribution in [-0.4, -0.2) is 31.5 Å². The monoisotopic (exact) mass is 387 g/mol. The molecule has 27 heavy (non-hydrogen) atoms. The van der Waals surface area contributed by atoms with Gasteiger partial charge in [-0.1, -0.05) is 23.7 Å². The van der Waals surface area contributed by atoms with Crippen LogP contribution in [0.2, 0.25) is 5.02 Å². The molecule has 0 unspecified atom stereocenters. The first kappa shape index (κ1) is 18.6. The normalized spacial score (nSPS) is 10.4. The van der Waals surface area contributed by atoms with E-state index in [4.69, 9.17) is 22.0 Å². The molecule has 10 heteroatoms. The van der Waals surface area contributed by atoms with Crippen molar-refractivity contribution in [3.8, 4) is 6.07 Å². The number of nitrogens with zero attached hydrogens (tertiary/aromatic N) is 5. The van der Waals surface area contributed by atoms with Crippen LogP contribution in [0, 0.1) is 17.1 Å². The van der Waals surface area contributed by atoms with Crippen LogP contribution in [0.3, 0.4) is 0 Å². The van der Waals surface area contributed by atoms with Gasteiger partial charge in [0.15, 0.2) is 5.82 Å². The fraction of sp³-hybridized carbons (Fsp3) is 0.176. The molecule has 3 N–H and O–H groups in total. The molecule has 0 spiro atoms. The standard InChI is InChI=1S/C17H15ClFN7O/c18-14-9-22-17(24-12-8-23-26(10-12)4-5-27)25-16(14)21-7-11-2-1-3-15(19)13(11)6-20/h1-3,8-10,27H,4-5,7H2,(H2,21,22,24,25). The predicted molar refractivity (Wildman–Crippen MR) is 98.1 cm³/mol. The average molecular weight is 388 g/mol. The lowest BCUT2D eigenvalue weighted by Gasteiger charge is -2.10. The highest BCUT2D eigenvalue weighted by Crippen LogP contribution is 2.22. The van der Waals surface area contributed by atoms with E-state index < -0.39 is 5.82 Å². The third-order valence-electron chi connectivity index (χ3n) is 3.62. The molecule has 0 aliphatic rings. The van der Waals surface area contributed by atoms with Gasteiger partial charge in [0.1, 0.15) is 16.9 Å². The Morgan fingerprint density at radius 1 is 1.33 bits per heavy atom. The number of benzene rings is 1. The van der Waals surface area contributed by atoms with E-state index in [-0.39, 0.29) is 29.7 Å². The molecule has 2 heterocycles. The topological polar surface area (TPSA) is 112 Å². The van der Waals surface area contributed by atoms with Gasteiger partial charge in [-0.2, -0.15) is 15.3 Å². The van der Waals surface area contributed by atoms with E-state index in [9.17, 15) is 4.39 Å². The van der Waals surface area contributed by atoms with E-state index >= 15 is 0 Å². The van der Waals surface area contributed by atoms with Crippen molar-refractivity contribution in [3.05, 3.63) is 58.8 Å². The predicted octanol–water partition coefficient (Wildman–Crippen LogP) is 2.69. The van der Waals surface area contributed by atoms with Crippen LogP contribution in [-0.2, 0) is 13.1 Å². The minimum atomic E-state index is -0.576. The summed E-state index contributed by atoms with van der Waals surface area (Å²) in [5, 5.41) is 28.3. The second kappa shape index (κ2) is 8.44. The van der Waals surface area contributed by atoms with Crippen molar-refractivity contribution in [2.24, 2.45) is 0 Å². The van der Waals surface area contributed by atoms with Crippen LogP contribution < -0.4 is 10.6 Å². The van der Waals surface area contributed by atoms with Gasteiger partial charge in [0.05, 0.1) is 36.8 Å². The Labute approximate surface area is 159 Å². The van der Waals surface area contributed by atoms with E-state index in [0.29, 0.717) is 23.6 Å². The second-order valence-corrected chi connectivity index (χ2v) is 5.88. The van der Waals surface area contributed by atoms with Crippen molar-refractivity contribution < 1.29 is 9.50 Å². The summed E-state index contributed by atoms with van der Waals surface area (Å²) in [5.41, 5.74) is 1.12. The maximum atomic E-state index is 13.7.